The summed E-state index contributed by atoms with van der Waals surface area (Å²) in [6.07, 6.45) is 2.62. The van der Waals surface area contributed by atoms with Gasteiger partial charge in [0.15, 0.2) is 0 Å². The number of ether oxygens (including phenoxy) is 1. The van der Waals surface area contributed by atoms with Crippen LogP contribution < -0.4 is 11.1 Å². The molecule has 3 N–H and O–H groups in total. The molecule has 6 nitrogen and oxygen atoms in total. The molecule has 2 aromatic rings. The average molecular weight is 402 g/mol. The number of carbonyl (C=O) groups is 1. The smallest absolute Gasteiger partial charge is 0.409 e. The van der Waals surface area contributed by atoms with Crippen molar-refractivity contribution in [2.24, 2.45) is 10.7 Å². The number of benzene rings is 1. The van der Waals surface area contributed by atoms with Crippen LogP contribution in [0.3, 0.4) is 0 Å². The van der Waals surface area contributed by atoms with Crippen molar-refractivity contribution < 1.29 is 13.9 Å². The molecule has 8 heteroatoms. The number of nitrogens with one attached hydrogen (secondary N) is 1. The number of amides is 1. The number of aryl methyl sites for hydroxylation is 1. The standard InChI is InChI=1S/C20H23FN4O2S/c21-15-6-1-7-16-17(15)18(22)24-20(23-16)8-10-25(11-9-20)19(26)27-12-2-4-14-5-3-13-28-14/h1,3,5-7,13,23H,2,4,8-12H2,(H2,22,24). The fraction of sp³-hybridized carbons (Fsp3) is 0.400. The Morgan fingerprint density at radius 2 is 2.14 bits per heavy atom. The van der Waals surface area contributed by atoms with Crippen molar-refractivity contribution in [3.05, 3.63) is 52.0 Å². The first kappa shape index (κ1) is 18.7. The molecule has 2 aliphatic rings. The first-order chi connectivity index (χ1) is 13.6. The first-order valence-corrected chi connectivity index (χ1v) is 10.3. The van der Waals surface area contributed by atoms with Crippen molar-refractivity contribution in [1.29, 1.82) is 0 Å². The Kier molecular flexibility index (Phi) is 5.21. The first-order valence-electron chi connectivity index (χ1n) is 9.43. The van der Waals surface area contributed by atoms with Gasteiger partial charge >= 0.3 is 6.09 Å². The third kappa shape index (κ3) is 3.82. The molecule has 1 spiro atoms. The highest BCUT2D eigenvalue weighted by Crippen LogP contribution is 2.35. The highest BCUT2D eigenvalue weighted by molar-refractivity contribution is 7.09. The molecular formula is C20H23FN4O2S. The maximum absolute atomic E-state index is 14.0. The average Bonchev–Trinajstić information content (AvgIpc) is 3.19. The van der Waals surface area contributed by atoms with Gasteiger partial charge in [-0.05, 0) is 36.4 Å². The number of nitrogens with zero attached hydrogens (tertiary/aromatic N) is 2. The Balaban J connectivity index is 1.30. The summed E-state index contributed by atoms with van der Waals surface area (Å²) in [7, 11) is 0. The molecule has 0 saturated carbocycles. The van der Waals surface area contributed by atoms with Crippen LogP contribution in [0.1, 0.15) is 29.7 Å². The van der Waals surface area contributed by atoms with Crippen LogP contribution in [0, 0.1) is 5.82 Å². The van der Waals surface area contributed by atoms with Crippen LogP contribution in [-0.2, 0) is 11.2 Å². The Hall–Kier alpha value is -2.61. The topological polar surface area (TPSA) is 80.0 Å². The van der Waals surface area contributed by atoms with Crippen molar-refractivity contribution in [1.82, 2.24) is 4.90 Å². The quantitative estimate of drug-likeness (QED) is 0.766. The Morgan fingerprint density at radius 1 is 1.32 bits per heavy atom. The number of anilines is 1. The second kappa shape index (κ2) is 7.79. The van der Waals surface area contributed by atoms with Crippen LogP contribution in [0.15, 0.2) is 40.7 Å². The molecule has 1 saturated heterocycles. The third-order valence-corrected chi connectivity index (χ3v) is 6.13. The van der Waals surface area contributed by atoms with Gasteiger partial charge in [-0.1, -0.05) is 12.1 Å². The molecular weight excluding hydrogens is 379 g/mol. The minimum atomic E-state index is -0.596. The number of thiophene rings is 1. The number of hydrogen-bond donors (Lipinski definition) is 2. The van der Waals surface area contributed by atoms with Crippen LogP contribution in [0.4, 0.5) is 14.9 Å². The van der Waals surface area contributed by atoms with E-state index in [1.807, 2.05) is 11.4 Å². The zero-order valence-electron chi connectivity index (χ0n) is 15.5. The zero-order chi connectivity index (χ0) is 19.6. The summed E-state index contributed by atoms with van der Waals surface area (Å²) in [5.41, 5.74) is 6.41. The fourth-order valence-corrected chi connectivity index (χ4v) is 4.45. The summed E-state index contributed by atoms with van der Waals surface area (Å²) in [6.45, 7) is 1.44. The van der Waals surface area contributed by atoms with Crippen molar-refractivity contribution in [3.8, 4) is 0 Å². The SMILES string of the molecule is NC1=NC2(CCN(C(=O)OCCCc3cccs3)CC2)Nc2cccc(F)c21. The van der Waals surface area contributed by atoms with Gasteiger partial charge in [-0.15, -0.1) is 11.3 Å². The summed E-state index contributed by atoms with van der Waals surface area (Å²) >= 11 is 1.71. The van der Waals surface area contributed by atoms with Gasteiger partial charge in [0, 0.05) is 36.5 Å². The van der Waals surface area contributed by atoms with E-state index in [9.17, 15) is 9.18 Å². The van der Waals surface area contributed by atoms with Crippen LogP contribution in [0.25, 0.3) is 0 Å². The largest absolute Gasteiger partial charge is 0.449 e. The number of halogens is 1. The molecule has 148 valence electrons. The molecule has 0 bridgehead atoms. The van der Waals surface area contributed by atoms with Crippen LogP contribution in [0.2, 0.25) is 0 Å². The third-order valence-electron chi connectivity index (χ3n) is 5.19. The number of amidine groups is 1. The van der Waals surface area contributed by atoms with Gasteiger partial charge in [0.2, 0.25) is 0 Å². The minimum Gasteiger partial charge on any atom is -0.449 e. The van der Waals surface area contributed by atoms with Gasteiger partial charge in [0.05, 0.1) is 12.2 Å². The lowest BCUT2D eigenvalue weighted by Crippen LogP contribution is -2.52. The van der Waals surface area contributed by atoms with Crippen molar-refractivity contribution >= 4 is 29.0 Å². The van der Waals surface area contributed by atoms with E-state index in [0.717, 1.165) is 12.8 Å². The molecule has 1 aromatic heterocycles. The Morgan fingerprint density at radius 3 is 2.89 bits per heavy atom. The number of rotatable bonds is 4. The van der Waals surface area contributed by atoms with E-state index in [1.165, 1.54) is 10.9 Å². The van der Waals surface area contributed by atoms with Crippen molar-refractivity contribution in [2.75, 3.05) is 25.0 Å². The number of aliphatic imine (C=N–C) groups is 1. The molecule has 4 rings (SSSR count). The molecule has 2 aliphatic heterocycles. The van der Waals surface area contributed by atoms with Crippen LogP contribution >= 0.6 is 11.3 Å². The zero-order valence-corrected chi connectivity index (χ0v) is 16.3. The highest BCUT2D eigenvalue weighted by Gasteiger charge is 2.39. The predicted molar refractivity (Wildman–Crippen MR) is 108 cm³/mol. The second-order valence-corrected chi connectivity index (χ2v) is 8.13. The number of fused-ring (bicyclic) bond motifs is 1. The lowest BCUT2D eigenvalue weighted by Gasteiger charge is -2.42. The summed E-state index contributed by atoms with van der Waals surface area (Å²) in [6, 6.07) is 8.94. The van der Waals surface area contributed by atoms with Crippen molar-refractivity contribution in [2.45, 2.75) is 31.3 Å². The number of hydrogen-bond acceptors (Lipinski definition) is 6. The molecule has 0 atom stereocenters. The predicted octanol–water partition coefficient (Wildman–Crippen LogP) is 3.58. The maximum Gasteiger partial charge on any atom is 0.409 e. The second-order valence-electron chi connectivity index (χ2n) is 7.10. The van der Waals surface area contributed by atoms with Gasteiger partial charge in [-0.25, -0.2) is 14.2 Å². The van der Waals surface area contributed by atoms with Crippen molar-refractivity contribution in [3.63, 3.8) is 0 Å². The fourth-order valence-electron chi connectivity index (χ4n) is 3.70. The highest BCUT2D eigenvalue weighted by atomic mass is 32.1. The van der Waals surface area contributed by atoms with Gasteiger partial charge in [-0.3, -0.25) is 0 Å². The molecule has 1 fully saturated rings. The van der Waals surface area contributed by atoms with E-state index in [4.69, 9.17) is 10.5 Å². The van der Waals surface area contributed by atoms with E-state index in [-0.39, 0.29) is 17.7 Å². The van der Waals surface area contributed by atoms with Gasteiger partial charge in [0.25, 0.3) is 0 Å². The Bertz CT molecular complexity index is 876. The van der Waals surface area contributed by atoms with Gasteiger partial charge in [0.1, 0.15) is 17.3 Å². The number of piperidine rings is 1. The van der Waals surface area contributed by atoms with Gasteiger partial charge in [-0.2, -0.15) is 0 Å². The lowest BCUT2D eigenvalue weighted by molar-refractivity contribution is 0.0858. The number of carbonyl (C=O) groups excluding carboxylic acids is 1. The van der Waals surface area contributed by atoms with E-state index in [0.29, 0.717) is 43.8 Å². The van der Waals surface area contributed by atoms with Crippen LogP contribution in [-0.4, -0.2) is 42.2 Å². The van der Waals surface area contributed by atoms with E-state index >= 15 is 0 Å². The molecule has 0 aliphatic carbocycles. The minimum absolute atomic E-state index is 0.205. The van der Waals surface area contributed by atoms with E-state index in [2.05, 4.69) is 16.4 Å². The maximum atomic E-state index is 14.0. The van der Waals surface area contributed by atoms with E-state index < -0.39 is 5.66 Å². The summed E-state index contributed by atoms with van der Waals surface area (Å²) in [4.78, 5) is 19.8. The lowest BCUT2D eigenvalue weighted by atomic mass is 9.94. The summed E-state index contributed by atoms with van der Waals surface area (Å²) < 4.78 is 19.4. The molecule has 0 radical (unpaired) electrons. The van der Waals surface area contributed by atoms with Crippen LogP contribution in [0.5, 0.6) is 0 Å². The molecule has 1 amide bonds. The Labute approximate surface area is 167 Å². The monoisotopic (exact) mass is 402 g/mol. The summed E-state index contributed by atoms with van der Waals surface area (Å²) in [5.74, 6) is -0.180. The number of nitrogens with two attached hydrogens (primary N) is 1. The summed E-state index contributed by atoms with van der Waals surface area (Å²) in [5, 5.41) is 5.37. The molecule has 3 heterocycles. The molecule has 28 heavy (non-hydrogen) atoms. The van der Waals surface area contributed by atoms with Gasteiger partial charge < -0.3 is 20.7 Å². The van der Waals surface area contributed by atoms with E-state index in [1.54, 1.807) is 28.4 Å². The number of likely N-dealkylation sites (tertiary alicyclic amines) is 1. The molecule has 1 aromatic carbocycles. The molecule has 0 unspecified atom stereocenters. The normalized spacial score (nSPS) is 17.6.